The molecule has 2 aromatic rings. The first-order valence-electron chi connectivity index (χ1n) is 4.53. The Kier molecular flexibility index (Phi) is 2.65. The van der Waals surface area contributed by atoms with Crippen LogP contribution in [0.2, 0.25) is 0 Å². The monoisotopic (exact) mass is 213 g/mol. The largest absolute Gasteiger partial charge is 0.355 e. The second-order valence-corrected chi connectivity index (χ2v) is 3.01. The molecule has 0 saturated heterocycles. The summed E-state index contributed by atoms with van der Waals surface area (Å²) in [6.45, 7) is 0. The predicted octanol–water partition coefficient (Wildman–Crippen LogP) is 1.55. The first-order chi connectivity index (χ1) is 7.81. The van der Waals surface area contributed by atoms with Gasteiger partial charge in [0.25, 0.3) is 5.91 Å². The lowest BCUT2D eigenvalue weighted by molar-refractivity contribution is 0.0964. The lowest BCUT2D eigenvalue weighted by atomic mass is 10.1. The maximum absolute atomic E-state index is 11.2. The second kappa shape index (κ2) is 4.28. The van der Waals surface area contributed by atoms with E-state index in [0.717, 1.165) is 5.56 Å². The molecule has 1 aromatic carbocycles. The van der Waals surface area contributed by atoms with Crippen LogP contribution in [0.3, 0.4) is 0 Å². The van der Waals surface area contributed by atoms with Gasteiger partial charge in [0.1, 0.15) is 0 Å². The lowest BCUT2D eigenvalue weighted by Crippen LogP contribution is -2.17. The van der Waals surface area contributed by atoms with Gasteiger partial charge in [0.15, 0.2) is 17.6 Å². The van der Waals surface area contributed by atoms with E-state index in [1.807, 2.05) is 35.6 Å². The van der Waals surface area contributed by atoms with Crippen molar-refractivity contribution in [3.05, 3.63) is 42.1 Å². The number of carbonyl (C=O) groups is 1. The molecule has 1 heterocycles. The van der Waals surface area contributed by atoms with Gasteiger partial charge in [-0.25, -0.2) is 0 Å². The van der Waals surface area contributed by atoms with Gasteiger partial charge in [-0.1, -0.05) is 35.5 Å². The van der Waals surface area contributed by atoms with Crippen molar-refractivity contribution in [2.24, 2.45) is 0 Å². The summed E-state index contributed by atoms with van der Waals surface area (Å²) >= 11 is 0. The fraction of sp³-hybridized carbons (Fsp3) is 0. The average molecular weight is 213 g/mol. The van der Waals surface area contributed by atoms with E-state index in [9.17, 15) is 4.79 Å². The highest BCUT2D eigenvalue weighted by molar-refractivity contribution is 5.93. The van der Waals surface area contributed by atoms with Crippen LogP contribution in [0.4, 0.5) is 0 Å². The van der Waals surface area contributed by atoms with Gasteiger partial charge in [0.05, 0.1) is 0 Å². The molecule has 0 bridgehead atoms. The third kappa shape index (κ3) is 1.91. The Morgan fingerprint density at radius 2 is 2.12 bits per heavy atom. The third-order valence-electron chi connectivity index (χ3n) is 1.97. The molecule has 1 N–H and O–H groups in total. The number of carbonyl (C=O) groups excluding carboxylic acids is 1. The van der Waals surface area contributed by atoms with Crippen molar-refractivity contribution in [3.8, 4) is 17.5 Å². The fourth-order valence-electron chi connectivity index (χ4n) is 1.24. The summed E-state index contributed by atoms with van der Waals surface area (Å²) in [6.07, 6.45) is 1.53. The van der Waals surface area contributed by atoms with Crippen LogP contribution in [0, 0.1) is 11.5 Å². The lowest BCUT2D eigenvalue weighted by Gasteiger charge is -1.91. The summed E-state index contributed by atoms with van der Waals surface area (Å²) < 4.78 is 5.00. The van der Waals surface area contributed by atoms with Gasteiger partial charge in [-0.05, 0) is 0 Å². The van der Waals surface area contributed by atoms with Gasteiger partial charge in [0, 0.05) is 11.6 Å². The summed E-state index contributed by atoms with van der Waals surface area (Å²) in [5.74, 6) is -0.0860. The smallest absolute Gasteiger partial charge is 0.286 e. The van der Waals surface area contributed by atoms with Gasteiger partial charge in [-0.2, -0.15) is 5.26 Å². The number of rotatable bonds is 2. The molecule has 1 aromatic heterocycles. The number of amides is 1. The van der Waals surface area contributed by atoms with Crippen LogP contribution in [-0.2, 0) is 0 Å². The number of aromatic nitrogens is 1. The van der Waals surface area contributed by atoms with Crippen molar-refractivity contribution in [3.63, 3.8) is 0 Å². The predicted molar refractivity (Wildman–Crippen MR) is 55.0 cm³/mol. The van der Waals surface area contributed by atoms with Gasteiger partial charge < -0.3 is 4.52 Å². The highest BCUT2D eigenvalue weighted by atomic mass is 16.5. The van der Waals surface area contributed by atoms with Crippen molar-refractivity contribution in [1.82, 2.24) is 10.5 Å². The SMILES string of the molecule is N#CNC(=O)c1cc(-c2ccccc2)on1. The van der Waals surface area contributed by atoms with Crippen molar-refractivity contribution >= 4 is 5.91 Å². The highest BCUT2D eigenvalue weighted by Gasteiger charge is 2.12. The molecule has 0 spiro atoms. The van der Waals surface area contributed by atoms with Crippen molar-refractivity contribution in [2.45, 2.75) is 0 Å². The first kappa shape index (κ1) is 9.93. The zero-order chi connectivity index (χ0) is 11.4. The highest BCUT2D eigenvalue weighted by Crippen LogP contribution is 2.19. The van der Waals surface area contributed by atoms with E-state index in [1.165, 1.54) is 12.3 Å². The fourth-order valence-corrected chi connectivity index (χ4v) is 1.24. The number of hydrogen-bond acceptors (Lipinski definition) is 4. The molecule has 0 aliphatic heterocycles. The van der Waals surface area contributed by atoms with Crippen LogP contribution in [0.5, 0.6) is 0 Å². The number of nitriles is 1. The summed E-state index contributed by atoms with van der Waals surface area (Å²) in [7, 11) is 0. The molecule has 5 nitrogen and oxygen atoms in total. The van der Waals surface area contributed by atoms with Crippen molar-refractivity contribution in [1.29, 1.82) is 5.26 Å². The molecule has 2 rings (SSSR count). The minimum atomic E-state index is -0.576. The summed E-state index contributed by atoms with van der Waals surface area (Å²) in [6, 6.07) is 10.8. The minimum Gasteiger partial charge on any atom is -0.355 e. The standard InChI is InChI=1S/C11H7N3O2/c12-7-13-11(15)9-6-10(16-14-9)8-4-2-1-3-5-8/h1-6H,(H,13,15). The molecule has 78 valence electrons. The zero-order valence-corrected chi connectivity index (χ0v) is 8.18. The molecule has 0 aliphatic rings. The maximum Gasteiger partial charge on any atom is 0.286 e. The van der Waals surface area contributed by atoms with Crippen molar-refractivity contribution < 1.29 is 9.32 Å². The van der Waals surface area contributed by atoms with Crippen molar-refractivity contribution in [2.75, 3.05) is 0 Å². The summed E-state index contributed by atoms with van der Waals surface area (Å²) in [5, 5.41) is 13.8. The zero-order valence-electron chi connectivity index (χ0n) is 8.18. The van der Waals surface area contributed by atoms with E-state index in [-0.39, 0.29) is 5.69 Å². The van der Waals surface area contributed by atoms with Crippen LogP contribution in [0.1, 0.15) is 10.5 Å². The summed E-state index contributed by atoms with van der Waals surface area (Å²) in [5.41, 5.74) is 0.909. The topological polar surface area (TPSA) is 78.9 Å². The number of nitrogens with zero attached hydrogens (tertiary/aromatic N) is 2. The molecule has 16 heavy (non-hydrogen) atoms. The van der Waals surface area contributed by atoms with E-state index < -0.39 is 5.91 Å². The molecule has 0 radical (unpaired) electrons. The van der Waals surface area contributed by atoms with Crippen LogP contribution >= 0.6 is 0 Å². The Bertz CT molecular complexity index is 540. The molecule has 1 amide bonds. The maximum atomic E-state index is 11.2. The molecule has 0 atom stereocenters. The van der Waals surface area contributed by atoms with E-state index in [0.29, 0.717) is 5.76 Å². The van der Waals surface area contributed by atoms with Crippen LogP contribution in [0.25, 0.3) is 11.3 Å². The molecular formula is C11H7N3O2. The van der Waals surface area contributed by atoms with Crippen LogP contribution < -0.4 is 5.32 Å². The van der Waals surface area contributed by atoms with Gasteiger partial charge in [0.2, 0.25) is 0 Å². The average Bonchev–Trinajstić information content (AvgIpc) is 2.80. The molecule has 0 unspecified atom stereocenters. The van der Waals surface area contributed by atoms with Crippen LogP contribution in [-0.4, -0.2) is 11.1 Å². The molecule has 0 aliphatic carbocycles. The second-order valence-electron chi connectivity index (χ2n) is 3.01. The first-order valence-corrected chi connectivity index (χ1v) is 4.53. The molecule has 0 fully saturated rings. The Morgan fingerprint density at radius 3 is 2.81 bits per heavy atom. The Balaban J connectivity index is 2.27. The third-order valence-corrected chi connectivity index (χ3v) is 1.97. The number of hydrogen-bond donors (Lipinski definition) is 1. The normalized spacial score (nSPS) is 9.44. The van der Waals surface area contributed by atoms with Gasteiger partial charge in [-0.3, -0.25) is 10.1 Å². The summed E-state index contributed by atoms with van der Waals surface area (Å²) in [4.78, 5) is 11.2. The van der Waals surface area contributed by atoms with Gasteiger partial charge >= 0.3 is 0 Å². The minimum absolute atomic E-state index is 0.0837. The Labute approximate surface area is 91.3 Å². The van der Waals surface area contributed by atoms with Gasteiger partial charge in [-0.15, -0.1) is 0 Å². The van der Waals surface area contributed by atoms with E-state index in [2.05, 4.69) is 5.16 Å². The Morgan fingerprint density at radius 1 is 1.38 bits per heavy atom. The molecule has 5 heteroatoms. The number of nitrogens with one attached hydrogen (secondary N) is 1. The quantitative estimate of drug-likeness (QED) is 0.606. The molecule has 0 saturated carbocycles. The van der Waals surface area contributed by atoms with E-state index >= 15 is 0 Å². The van der Waals surface area contributed by atoms with Crippen LogP contribution in [0.15, 0.2) is 40.9 Å². The van der Waals surface area contributed by atoms with E-state index in [4.69, 9.17) is 9.78 Å². The molecular weight excluding hydrogens is 206 g/mol. The number of benzene rings is 1. The van der Waals surface area contributed by atoms with E-state index in [1.54, 1.807) is 0 Å². The Hall–Kier alpha value is -2.61.